The lowest BCUT2D eigenvalue weighted by Crippen LogP contribution is -2.42. The highest BCUT2D eigenvalue weighted by Crippen LogP contribution is 2.31. The van der Waals surface area contributed by atoms with E-state index in [1.165, 1.54) is 11.1 Å². The summed E-state index contributed by atoms with van der Waals surface area (Å²) >= 11 is 0. The van der Waals surface area contributed by atoms with E-state index < -0.39 is 0 Å². The van der Waals surface area contributed by atoms with E-state index in [4.69, 9.17) is 10.5 Å². The number of ether oxygens (including phenoxy) is 1. The number of benzene rings is 1. The van der Waals surface area contributed by atoms with Crippen LogP contribution >= 0.6 is 0 Å². The lowest BCUT2D eigenvalue weighted by Gasteiger charge is -2.34. The number of rotatable bonds is 3. The summed E-state index contributed by atoms with van der Waals surface area (Å²) in [5, 5.41) is 0. The monoisotopic (exact) mass is 231 g/mol. The fourth-order valence-corrected chi connectivity index (χ4v) is 2.32. The lowest BCUT2D eigenvalue weighted by molar-refractivity contribution is 0.216. The Balaban J connectivity index is 2.23. The van der Waals surface area contributed by atoms with Crippen molar-refractivity contribution in [3.05, 3.63) is 47.7 Å². The van der Waals surface area contributed by atoms with Crippen LogP contribution in [0.1, 0.15) is 32.3 Å². The van der Waals surface area contributed by atoms with E-state index in [0.717, 1.165) is 19.4 Å². The van der Waals surface area contributed by atoms with Crippen molar-refractivity contribution in [3.63, 3.8) is 0 Å². The smallest absolute Gasteiger partial charge is 0.0876 e. The van der Waals surface area contributed by atoms with Crippen molar-refractivity contribution >= 4 is 0 Å². The summed E-state index contributed by atoms with van der Waals surface area (Å²) in [7, 11) is 0. The van der Waals surface area contributed by atoms with Gasteiger partial charge in [-0.3, -0.25) is 0 Å². The average Bonchev–Trinajstić information content (AvgIpc) is 2.40. The summed E-state index contributed by atoms with van der Waals surface area (Å²) in [5.41, 5.74) is 8.85. The molecule has 1 atom stereocenters. The average molecular weight is 231 g/mol. The minimum absolute atomic E-state index is 0.0187. The Kier molecular flexibility index (Phi) is 3.53. The van der Waals surface area contributed by atoms with Gasteiger partial charge in [-0.15, -0.1) is 0 Å². The molecule has 1 aliphatic rings. The summed E-state index contributed by atoms with van der Waals surface area (Å²) in [6.45, 7) is 5.22. The molecule has 0 aromatic heterocycles. The molecule has 17 heavy (non-hydrogen) atoms. The third-order valence-corrected chi connectivity index (χ3v) is 3.66. The Morgan fingerprint density at radius 2 is 1.94 bits per heavy atom. The first-order valence-electron chi connectivity index (χ1n) is 6.24. The highest BCUT2D eigenvalue weighted by molar-refractivity contribution is 5.30. The van der Waals surface area contributed by atoms with Gasteiger partial charge in [-0.1, -0.05) is 44.2 Å². The quantitative estimate of drug-likeness (QED) is 0.868. The molecule has 0 saturated carbocycles. The molecule has 2 N–H and O–H groups in total. The van der Waals surface area contributed by atoms with Gasteiger partial charge in [0.15, 0.2) is 0 Å². The Bertz CT molecular complexity index is 395. The SMILES string of the molecule is CC(C)(c1ccccc1)C(N)C1=COCCC1. The zero-order valence-electron chi connectivity index (χ0n) is 10.6. The molecular formula is C15H21NO. The van der Waals surface area contributed by atoms with Gasteiger partial charge in [0.25, 0.3) is 0 Å². The molecule has 92 valence electrons. The molecule has 1 aromatic carbocycles. The van der Waals surface area contributed by atoms with Crippen LogP contribution in [0, 0.1) is 0 Å². The fraction of sp³-hybridized carbons (Fsp3) is 0.467. The number of hydrogen-bond acceptors (Lipinski definition) is 2. The first-order chi connectivity index (χ1) is 8.12. The van der Waals surface area contributed by atoms with Crippen molar-refractivity contribution in [2.45, 2.75) is 38.1 Å². The molecule has 2 heteroatoms. The predicted molar refractivity (Wildman–Crippen MR) is 70.7 cm³/mol. The molecule has 1 heterocycles. The van der Waals surface area contributed by atoms with Gasteiger partial charge < -0.3 is 10.5 Å². The minimum Gasteiger partial charge on any atom is -0.501 e. The molecule has 0 radical (unpaired) electrons. The van der Waals surface area contributed by atoms with Crippen LogP contribution in [-0.2, 0) is 10.2 Å². The van der Waals surface area contributed by atoms with Gasteiger partial charge in [0.1, 0.15) is 0 Å². The van der Waals surface area contributed by atoms with Crippen LogP contribution in [-0.4, -0.2) is 12.6 Å². The first kappa shape index (κ1) is 12.2. The van der Waals surface area contributed by atoms with Gasteiger partial charge in [-0.2, -0.15) is 0 Å². The van der Waals surface area contributed by atoms with Crippen LogP contribution in [0.25, 0.3) is 0 Å². The zero-order valence-corrected chi connectivity index (χ0v) is 10.6. The fourth-order valence-electron chi connectivity index (χ4n) is 2.32. The molecule has 2 nitrogen and oxygen atoms in total. The minimum atomic E-state index is -0.0617. The maximum atomic E-state index is 6.41. The predicted octanol–water partition coefficient (Wildman–Crippen LogP) is 2.99. The Morgan fingerprint density at radius 3 is 2.53 bits per heavy atom. The topological polar surface area (TPSA) is 35.2 Å². The van der Waals surface area contributed by atoms with Crippen molar-refractivity contribution in [3.8, 4) is 0 Å². The molecule has 0 bridgehead atoms. The van der Waals surface area contributed by atoms with E-state index in [-0.39, 0.29) is 11.5 Å². The second-order valence-electron chi connectivity index (χ2n) is 5.23. The van der Waals surface area contributed by atoms with E-state index in [1.54, 1.807) is 0 Å². The molecular weight excluding hydrogens is 210 g/mol. The van der Waals surface area contributed by atoms with Crippen LogP contribution in [0.3, 0.4) is 0 Å². The Hall–Kier alpha value is -1.28. The summed E-state index contributed by atoms with van der Waals surface area (Å²) in [6, 6.07) is 10.5. The molecule has 0 aliphatic carbocycles. The maximum Gasteiger partial charge on any atom is 0.0876 e. The van der Waals surface area contributed by atoms with Crippen LogP contribution in [0.5, 0.6) is 0 Å². The van der Waals surface area contributed by atoms with Gasteiger partial charge in [0, 0.05) is 11.5 Å². The first-order valence-corrected chi connectivity index (χ1v) is 6.24. The Morgan fingerprint density at radius 1 is 1.24 bits per heavy atom. The Labute approximate surface area is 103 Å². The second kappa shape index (κ2) is 4.92. The molecule has 0 fully saturated rings. The third kappa shape index (κ3) is 2.52. The summed E-state index contributed by atoms with van der Waals surface area (Å²) in [5.74, 6) is 0. The van der Waals surface area contributed by atoms with E-state index in [1.807, 2.05) is 12.3 Å². The van der Waals surface area contributed by atoms with Crippen molar-refractivity contribution in [1.29, 1.82) is 0 Å². The van der Waals surface area contributed by atoms with Crippen LogP contribution in [0.4, 0.5) is 0 Å². The van der Waals surface area contributed by atoms with Gasteiger partial charge in [-0.25, -0.2) is 0 Å². The highest BCUT2D eigenvalue weighted by atomic mass is 16.5. The van der Waals surface area contributed by atoms with E-state index in [0.29, 0.717) is 0 Å². The summed E-state index contributed by atoms with van der Waals surface area (Å²) in [6.07, 6.45) is 3.99. The van der Waals surface area contributed by atoms with Crippen molar-refractivity contribution in [2.75, 3.05) is 6.61 Å². The van der Waals surface area contributed by atoms with Crippen LogP contribution in [0.15, 0.2) is 42.2 Å². The van der Waals surface area contributed by atoms with E-state index in [2.05, 4.69) is 38.1 Å². The van der Waals surface area contributed by atoms with E-state index >= 15 is 0 Å². The molecule has 1 aliphatic heterocycles. The van der Waals surface area contributed by atoms with Gasteiger partial charge >= 0.3 is 0 Å². The highest BCUT2D eigenvalue weighted by Gasteiger charge is 2.31. The lowest BCUT2D eigenvalue weighted by atomic mass is 9.74. The second-order valence-corrected chi connectivity index (χ2v) is 5.23. The summed E-state index contributed by atoms with van der Waals surface area (Å²) in [4.78, 5) is 0. The van der Waals surface area contributed by atoms with Crippen LogP contribution < -0.4 is 5.73 Å². The van der Waals surface area contributed by atoms with Gasteiger partial charge in [0.2, 0.25) is 0 Å². The van der Waals surface area contributed by atoms with Crippen LogP contribution in [0.2, 0.25) is 0 Å². The molecule has 0 saturated heterocycles. The number of nitrogens with two attached hydrogens (primary N) is 1. The molecule has 1 unspecified atom stereocenters. The molecule has 0 spiro atoms. The largest absolute Gasteiger partial charge is 0.501 e. The number of hydrogen-bond donors (Lipinski definition) is 1. The zero-order chi connectivity index (χ0) is 12.3. The molecule has 2 rings (SSSR count). The summed E-state index contributed by atoms with van der Waals surface area (Å²) < 4.78 is 5.39. The molecule has 1 aromatic rings. The molecule has 0 amide bonds. The van der Waals surface area contributed by atoms with Gasteiger partial charge in [-0.05, 0) is 24.0 Å². The normalized spacial score (nSPS) is 18.2. The van der Waals surface area contributed by atoms with Crippen molar-refractivity contribution in [2.24, 2.45) is 5.73 Å². The van der Waals surface area contributed by atoms with Gasteiger partial charge in [0.05, 0.1) is 12.9 Å². The van der Waals surface area contributed by atoms with Crippen molar-refractivity contribution < 1.29 is 4.74 Å². The van der Waals surface area contributed by atoms with Crippen molar-refractivity contribution in [1.82, 2.24) is 0 Å². The third-order valence-electron chi connectivity index (χ3n) is 3.66. The standard InChI is InChI=1S/C15H21NO/c1-15(2,13-8-4-3-5-9-13)14(16)12-7-6-10-17-11-12/h3-5,8-9,11,14H,6-7,10,16H2,1-2H3. The van der Waals surface area contributed by atoms with E-state index in [9.17, 15) is 0 Å². The maximum absolute atomic E-state index is 6.41.